The molecule has 154 valence electrons. The highest BCUT2D eigenvalue weighted by atomic mass is 35.5. The third-order valence-corrected chi connectivity index (χ3v) is 6.97. The van der Waals surface area contributed by atoms with Crippen molar-refractivity contribution in [2.24, 2.45) is 5.41 Å². The lowest BCUT2D eigenvalue weighted by atomic mass is 9.74. The molecule has 2 N–H and O–H groups in total. The number of aliphatic carboxylic acids is 2. The van der Waals surface area contributed by atoms with Gasteiger partial charge in [0.1, 0.15) is 0 Å². The summed E-state index contributed by atoms with van der Waals surface area (Å²) in [6.07, 6.45) is 3.64. The fourth-order valence-corrected chi connectivity index (χ4v) is 4.28. The molecule has 5 nitrogen and oxygen atoms in total. The lowest BCUT2D eigenvalue weighted by molar-refractivity contribution is -0.166. The Kier molecular flexibility index (Phi) is 11.0. The molecular formula is C20H32ClNO4S. The van der Waals surface area contributed by atoms with Gasteiger partial charge in [0, 0.05) is 11.3 Å². The monoisotopic (exact) mass is 417 g/mol. The molecule has 1 aromatic carbocycles. The number of halogens is 1. The molecule has 0 aliphatic carbocycles. The standard InChI is InChI=1S/C20H31NO4S.ClH/c1-5-19(6-2,26-4)15-20(17(22)23,18(24)25)12-13-21(3)14-16-10-8-7-9-11-16;/h7-11H,5-6,12-15H2,1-4H3,(H,22,23)(H,24,25);1H. The first-order valence-corrected chi connectivity index (χ1v) is 10.2. The number of thioether (sulfide) groups is 1. The Morgan fingerprint density at radius 2 is 1.59 bits per heavy atom. The van der Waals surface area contributed by atoms with Crippen LogP contribution in [0.3, 0.4) is 0 Å². The van der Waals surface area contributed by atoms with Crippen molar-refractivity contribution in [1.29, 1.82) is 0 Å². The summed E-state index contributed by atoms with van der Waals surface area (Å²) in [7, 11) is 1.89. The molecule has 0 saturated carbocycles. The second-order valence-corrected chi connectivity index (χ2v) is 8.21. The van der Waals surface area contributed by atoms with Gasteiger partial charge in [-0.25, -0.2) is 0 Å². The van der Waals surface area contributed by atoms with Crippen LogP contribution in [-0.2, 0) is 16.1 Å². The van der Waals surface area contributed by atoms with Gasteiger partial charge in [0.15, 0.2) is 5.41 Å². The number of benzene rings is 1. The van der Waals surface area contributed by atoms with E-state index in [1.165, 1.54) is 0 Å². The molecule has 0 saturated heterocycles. The molecule has 0 aliphatic rings. The Labute approximate surface area is 172 Å². The molecule has 27 heavy (non-hydrogen) atoms. The van der Waals surface area contributed by atoms with Crippen molar-refractivity contribution in [2.45, 2.75) is 50.8 Å². The lowest BCUT2D eigenvalue weighted by Gasteiger charge is -2.38. The highest BCUT2D eigenvalue weighted by Gasteiger charge is 2.51. The zero-order valence-electron chi connectivity index (χ0n) is 16.6. The fourth-order valence-electron chi connectivity index (χ4n) is 3.31. The summed E-state index contributed by atoms with van der Waals surface area (Å²) in [4.78, 5) is 26.1. The molecule has 0 aliphatic heterocycles. The molecule has 0 fully saturated rings. The van der Waals surface area contributed by atoms with E-state index in [1.54, 1.807) is 11.8 Å². The van der Waals surface area contributed by atoms with Crippen LogP contribution in [-0.4, -0.2) is 51.6 Å². The van der Waals surface area contributed by atoms with Gasteiger partial charge in [0.2, 0.25) is 0 Å². The fraction of sp³-hybridized carbons (Fsp3) is 0.600. The van der Waals surface area contributed by atoms with Gasteiger partial charge in [-0.2, -0.15) is 11.8 Å². The van der Waals surface area contributed by atoms with E-state index in [4.69, 9.17) is 0 Å². The molecule has 0 aromatic heterocycles. The summed E-state index contributed by atoms with van der Waals surface area (Å²) in [5.41, 5.74) is -0.646. The van der Waals surface area contributed by atoms with Crippen LogP contribution >= 0.6 is 24.2 Å². The minimum Gasteiger partial charge on any atom is -0.480 e. The zero-order chi connectivity index (χ0) is 19.8. The van der Waals surface area contributed by atoms with E-state index < -0.39 is 17.4 Å². The molecule has 1 rings (SSSR count). The third kappa shape index (κ3) is 6.70. The summed E-state index contributed by atoms with van der Waals surface area (Å²) >= 11 is 1.58. The van der Waals surface area contributed by atoms with E-state index in [9.17, 15) is 19.8 Å². The van der Waals surface area contributed by atoms with Crippen LogP contribution in [0, 0.1) is 5.41 Å². The maximum Gasteiger partial charge on any atom is 0.321 e. The number of rotatable bonds is 12. The predicted octanol–water partition coefficient (Wildman–Crippen LogP) is 4.40. The van der Waals surface area contributed by atoms with Gasteiger partial charge in [-0.3, -0.25) is 9.59 Å². The third-order valence-electron chi connectivity index (χ3n) is 5.38. The van der Waals surface area contributed by atoms with Gasteiger partial charge in [0.25, 0.3) is 0 Å². The van der Waals surface area contributed by atoms with Crippen molar-refractivity contribution < 1.29 is 19.8 Å². The molecule has 0 radical (unpaired) electrons. The van der Waals surface area contributed by atoms with Gasteiger partial charge in [0.05, 0.1) is 0 Å². The molecule has 0 heterocycles. The molecule has 0 atom stereocenters. The van der Waals surface area contributed by atoms with E-state index in [-0.39, 0.29) is 30.0 Å². The molecule has 0 amide bonds. The number of carbonyl (C=O) groups is 2. The summed E-state index contributed by atoms with van der Waals surface area (Å²) in [5, 5.41) is 19.7. The molecule has 1 aromatic rings. The van der Waals surface area contributed by atoms with E-state index in [2.05, 4.69) is 0 Å². The van der Waals surface area contributed by atoms with Crippen molar-refractivity contribution in [3.63, 3.8) is 0 Å². The highest BCUT2D eigenvalue weighted by molar-refractivity contribution is 8.00. The van der Waals surface area contributed by atoms with Crippen LogP contribution in [0.5, 0.6) is 0 Å². The van der Waals surface area contributed by atoms with Crippen molar-refractivity contribution in [1.82, 2.24) is 4.90 Å². The second kappa shape index (κ2) is 11.6. The first-order chi connectivity index (χ1) is 12.2. The predicted molar refractivity (Wildman–Crippen MR) is 114 cm³/mol. The van der Waals surface area contributed by atoms with Crippen molar-refractivity contribution in [3.05, 3.63) is 35.9 Å². The first kappa shape index (κ1) is 25.8. The van der Waals surface area contributed by atoms with Crippen LogP contribution in [0.4, 0.5) is 0 Å². The summed E-state index contributed by atoms with van der Waals surface area (Å²) in [5.74, 6) is -2.48. The minimum atomic E-state index is -1.76. The largest absolute Gasteiger partial charge is 0.480 e. The smallest absolute Gasteiger partial charge is 0.321 e. The van der Waals surface area contributed by atoms with Crippen LogP contribution in [0.15, 0.2) is 30.3 Å². The second-order valence-electron chi connectivity index (χ2n) is 6.94. The number of carboxylic acids is 2. The summed E-state index contributed by atoms with van der Waals surface area (Å²) in [6, 6.07) is 9.87. The average Bonchev–Trinajstić information content (AvgIpc) is 2.63. The molecule has 7 heteroatoms. The Bertz CT molecular complexity index is 571. The Morgan fingerprint density at radius 1 is 1.07 bits per heavy atom. The topological polar surface area (TPSA) is 77.8 Å². The minimum absolute atomic E-state index is 0. The Balaban J connectivity index is 0.00000676. The highest BCUT2D eigenvalue weighted by Crippen LogP contribution is 2.43. The summed E-state index contributed by atoms with van der Waals surface area (Å²) in [6.45, 7) is 5.06. The first-order valence-electron chi connectivity index (χ1n) is 8.99. The number of carboxylic acid groups (broad SMARTS) is 2. The van der Waals surface area contributed by atoms with E-state index in [0.29, 0.717) is 13.1 Å². The lowest BCUT2D eigenvalue weighted by Crippen LogP contribution is -2.47. The van der Waals surface area contributed by atoms with Gasteiger partial charge in [-0.05, 0) is 51.1 Å². The maximum absolute atomic E-state index is 12.1. The van der Waals surface area contributed by atoms with E-state index in [0.717, 1.165) is 18.4 Å². The molecule has 0 unspecified atom stereocenters. The summed E-state index contributed by atoms with van der Waals surface area (Å²) < 4.78 is -0.339. The van der Waals surface area contributed by atoms with Crippen LogP contribution in [0.2, 0.25) is 0 Å². The average molecular weight is 418 g/mol. The normalized spacial score (nSPS) is 11.9. The molecule has 0 bridgehead atoms. The molecule has 0 spiro atoms. The Morgan fingerprint density at radius 3 is 2.00 bits per heavy atom. The van der Waals surface area contributed by atoms with Crippen molar-refractivity contribution >= 4 is 36.1 Å². The SMILES string of the molecule is CCC(CC)(CC(CCN(C)Cc1ccccc1)(C(=O)O)C(=O)O)SC.Cl. The number of hydrogen-bond acceptors (Lipinski definition) is 4. The van der Waals surface area contributed by atoms with Crippen molar-refractivity contribution in [2.75, 3.05) is 19.8 Å². The van der Waals surface area contributed by atoms with E-state index in [1.807, 2.05) is 62.4 Å². The van der Waals surface area contributed by atoms with Gasteiger partial charge < -0.3 is 15.1 Å². The van der Waals surface area contributed by atoms with E-state index >= 15 is 0 Å². The molecular weight excluding hydrogens is 386 g/mol. The van der Waals surface area contributed by atoms with Crippen LogP contribution in [0.25, 0.3) is 0 Å². The van der Waals surface area contributed by atoms with Crippen LogP contribution in [0.1, 0.15) is 45.1 Å². The maximum atomic E-state index is 12.1. The number of hydrogen-bond donors (Lipinski definition) is 2. The zero-order valence-corrected chi connectivity index (χ0v) is 18.2. The Hall–Kier alpha value is -1.24. The van der Waals surface area contributed by atoms with Gasteiger partial charge in [-0.1, -0.05) is 44.2 Å². The quantitative estimate of drug-likeness (QED) is 0.491. The van der Waals surface area contributed by atoms with Gasteiger partial charge in [-0.15, -0.1) is 12.4 Å². The number of nitrogens with zero attached hydrogens (tertiary/aromatic N) is 1. The van der Waals surface area contributed by atoms with Gasteiger partial charge >= 0.3 is 11.9 Å². The van der Waals surface area contributed by atoms with Crippen LogP contribution < -0.4 is 0 Å². The van der Waals surface area contributed by atoms with Crippen molar-refractivity contribution in [3.8, 4) is 0 Å².